The van der Waals surface area contributed by atoms with E-state index >= 15 is 0 Å². The van der Waals surface area contributed by atoms with Crippen molar-refractivity contribution in [2.75, 3.05) is 5.32 Å². The Hall–Kier alpha value is -2.92. The third-order valence-electron chi connectivity index (χ3n) is 3.99. The van der Waals surface area contributed by atoms with Gasteiger partial charge in [0, 0.05) is 15.5 Å². The number of pyridine rings is 1. The molecule has 0 atom stereocenters. The molecule has 0 radical (unpaired) electrons. The fraction of sp³-hybridized carbons (Fsp3) is 0.0952. The van der Waals surface area contributed by atoms with Crippen LogP contribution in [0, 0.1) is 28.7 Å². The maximum Gasteiger partial charge on any atom is 0.256 e. The normalized spacial score (nSPS) is 10.1. The first-order valence-electron chi connectivity index (χ1n) is 8.19. The minimum absolute atomic E-state index is 0.156. The van der Waals surface area contributed by atoms with Gasteiger partial charge >= 0.3 is 0 Å². The van der Waals surface area contributed by atoms with Gasteiger partial charge in [0.2, 0.25) is 5.88 Å². The molecule has 134 valence electrons. The van der Waals surface area contributed by atoms with E-state index in [4.69, 9.17) is 10.00 Å². The van der Waals surface area contributed by atoms with E-state index in [-0.39, 0.29) is 11.8 Å². The van der Waals surface area contributed by atoms with Crippen LogP contribution >= 0.6 is 22.6 Å². The van der Waals surface area contributed by atoms with Crippen LogP contribution in [0.4, 0.5) is 5.69 Å². The first-order valence-corrected chi connectivity index (χ1v) is 9.27. The summed E-state index contributed by atoms with van der Waals surface area (Å²) in [6.07, 6.45) is 1.57. The summed E-state index contributed by atoms with van der Waals surface area (Å²) in [5.41, 5.74) is 3.61. The number of nitrogens with zero attached hydrogens (tertiary/aromatic N) is 2. The van der Waals surface area contributed by atoms with Crippen molar-refractivity contribution in [3.63, 3.8) is 0 Å². The summed E-state index contributed by atoms with van der Waals surface area (Å²) >= 11 is 2.18. The predicted octanol–water partition coefficient (Wildman–Crippen LogP) is 5.22. The Kier molecular flexibility index (Phi) is 5.72. The van der Waals surface area contributed by atoms with Crippen LogP contribution in [0.5, 0.6) is 11.6 Å². The number of aromatic nitrogens is 1. The Balaban J connectivity index is 1.80. The standard InChI is InChI=1S/C21H16IN3O2/c1-13-5-3-7-17(19(13)22)20(26)25-18-9-8-16(11-14(18)2)27-21-15(12-23)6-4-10-24-21/h3-11H,1-2H3,(H,25,26). The summed E-state index contributed by atoms with van der Waals surface area (Å²) < 4.78 is 6.65. The van der Waals surface area contributed by atoms with Gasteiger partial charge in [0.1, 0.15) is 17.4 Å². The summed E-state index contributed by atoms with van der Waals surface area (Å²) in [4.78, 5) is 16.7. The summed E-state index contributed by atoms with van der Waals surface area (Å²) in [6, 6.07) is 16.3. The van der Waals surface area contributed by atoms with E-state index in [2.05, 4.69) is 39.0 Å². The lowest BCUT2D eigenvalue weighted by atomic mass is 10.1. The molecule has 1 N–H and O–H groups in total. The number of rotatable bonds is 4. The van der Waals surface area contributed by atoms with Crippen molar-refractivity contribution < 1.29 is 9.53 Å². The van der Waals surface area contributed by atoms with Crippen molar-refractivity contribution in [1.29, 1.82) is 5.26 Å². The molecule has 1 aromatic heterocycles. The average Bonchev–Trinajstić information content (AvgIpc) is 2.66. The monoisotopic (exact) mass is 469 g/mol. The molecule has 3 rings (SSSR count). The molecule has 0 spiro atoms. The molecule has 0 aliphatic rings. The number of hydrogen-bond donors (Lipinski definition) is 1. The van der Waals surface area contributed by atoms with E-state index in [1.54, 1.807) is 42.6 Å². The number of anilines is 1. The van der Waals surface area contributed by atoms with Gasteiger partial charge in [-0.2, -0.15) is 5.26 Å². The van der Waals surface area contributed by atoms with Gasteiger partial charge in [-0.3, -0.25) is 4.79 Å². The molecule has 3 aromatic rings. The van der Waals surface area contributed by atoms with Gasteiger partial charge < -0.3 is 10.1 Å². The topological polar surface area (TPSA) is 75.0 Å². The predicted molar refractivity (Wildman–Crippen MR) is 112 cm³/mol. The molecular weight excluding hydrogens is 453 g/mol. The van der Waals surface area contributed by atoms with Crippen molar-refractivity contribution in [3.8, 4) is 17.7 Å². The van der Waals surface area contributed by atoms with Crippen LogP contribution in [0.2, 0.25) is 0 Å². The molecule has 6 heteroatoms. The van der Waals surface area contributed by atoms with Crippen LogP contribution in [-0.4, -0.2) is 10.9 Å². The Bertz CT molecular complexity index is 1060. The number of benzene rings is 2. The molecule has 0 fully saturated rings. The third-order valence-corrected chi connectivity index (χ3v) is 5.42. The molecule has 27 heavy (non-hydrogen) atoms. The summed E-state index contributed by atoms with van der Waals surface area (Å²) in [5, 5.41) is 12.1. The smallest absolute Gasteiger partial charge is 0.256 e. The van der Waals surface area contributed by atoms with Crippen LogP contribution in [0.15, 0.2) is 54.7 Å². The van der Waals surface area contributed by atoms with Crippen LogP contribution in [0.1, 0.15) is 27.0 Å². The number of carbonyl (C=O) groups excluding carboxylic acids is 1. The fourth-order valence-electron chi connectivity index (χ4n) is 2.52. The Morgan fingerprint density at radius 3 is 2.70 bits per heavy atom. The second-order valence-corrected chi connectivity index (χ2v) is 7.02. The van der Waals surface area contributed by atoms with Gasteiger partial charge in [0.05, 0.1) is 5.56 Å². The Labute approximate surface area is 171 Å². The Morgan fingerprint density at radius 2 is 1.96 bits per heavy atom. The molecule has 0 unspecified atom stereocenters. The molecule has 0 saturated carbocycles. The van der Waals surface area contributed by atoms with Crippen molar-refractivity contribution in [2.24, 2.45) is 0 Å². The molecule has 2 aromatic carbocycles. The van der Waals surface area contributed by atoms with Gasteiger partial charge in [-0.15, -0.1) is 0 Å². The van der Waals surface area contributed by atoms with E-state index in [1.165, 1.54) is 0 Å². The number of carbonyl (C=O) groups is 1. The molecule has 0 saturated heterocycles. The average molecular weight is 469 g/mol. The van der Waals surface area contributed by atoms with Crippen molar-refractivity contribution in [2.45, 2.75) is 13.8 Å². The second-order valence-electron chi connectivity index (χ2n) is 5.94. The first kappa shape index (κ1) is 18.9. The fourth-order valence-corrected chi connectivity index (χ4v) is 3.13. The quantitative estimate of drug-likeness (QED) is 0.532. The van der Waals surface area contributed by atoms with E-state index in [9.17, 15) is 4.79 Å². The van der Waals surface area contributed by atoms with E-state index in [0.29, 0.717) is 22.6 Å². The van der Waals surface area contributed by atoms with Crippen molar-refractivity contribution in [3.05, 3.63) is 80.6 Å². The highest BCUT2D eigenvalue weighted by Gasteiger charge is 2.13. The number of amides is 1. The Morgan fingerprint density at radius 1 is 1.15 bits per heavy atom. The van der Waals surface area contributed by atoms with Gasteiger partial charge in [0.15, 0.2) is 0 Å². The number of ether oxygens (including phenoxy) is 1. The highest BCUT2D eigenvalue weighted by atomic mass is 127. The zero-order valence-corrected chi connectivity index (χ0v) is 16.9. The van der Waals surface area contributed by atoms with E-state index in [0.717, 1.165) is 14.7 Å². The zero-order chi connectivity index (χ0) is 19.4. The molecule has 0 aliphatic heterocycles. The number of hydrogen-bond acceptors (Lipinski definition) is 4. The minimum Gasteiger partial charge on any atom is -0.438 e. The van der Waals surface area contributed by atoms with Gasteiger partial charge in [-0.05, 0) is 84.0 Å². The second kappa shape index (κ2) is 8.18. The maximum atomic E-state index is 12.6. The molecule has 0 bridgehead atoms. The van der Waals surface area contributed by atoms with Gasteiger partial charge in [-0.1, -0.05) is 12.1 Å². The lowest BCUT2D eigenvalue weighted by molar-refractivity contribution is 0.102. The number of nitriles is 1. The first-order chi connectivity index (χ1) is 13.0. The van der Waals surface area contributed by atoms with E-state index < -0.39 is 0 Å². The minimum atomic E-state index is -0.156. The molecular formula is C21H16IN3O2. The van der Waals surface area contributed by atoms with Crippen LogP contribution in [-0.2, 0) is 0 Å². The van der Waals surface area contributed by atoms with Crippen LogP contribution in [0.3, 0.4) is 0 Å². The summed E-state index contributed by atoms with van der Waals surface area (Å²) in [7, 11) is 0. The maximum absolute atomic E-state index is 12.6. The largest absolute Gasteiger partial charge is 0.438 e. The van der Waals surface area contributed by atoms with E-state index in [1.807, 2.05) is 26.0 Å². The zero-order valence-electron chi connectivity index (χ0n) is 14.8. The molecule has 0 aliphatic carbocycles. The molecule has 1 amide bonds. The number of halogens is 1. The van der Waals surface area contributed by atoms with Crippen molar-refractivity contribution in [1.82, 2.24) is 4.98 Å². The van der Waals surface area contributed by atoms with Crippen molar-refractivity contribution >= 4 is 34.2 Å². The number of aryl methyl sites for hydroxylation is 2. The van der Waals surface area contributed by atoms with Gasteiger partial charge in [0.25, 0.3) is 5.91 Å². The van der Waals surface area contributed by atoms with Crippen LogP contribution < -0.4 is 10.1 Å². The third kappa shape index (κ3) is 4.26. The molecule has 5 nitrogen and oxygen atoms in total. The summed E-state index contributed by atoms with van der Waals surface area (Å²) in [5.74, 6) is 0.646. The highest BCUT2D eigenvalue weighted by Crippen LogP contribution is 2.27. The SMILES string of the molecule is Cc1cc(Oc2ncccc2C#N)ccc1NC(=O)c1cccc(C)c1I. The lowest BCUT2D eigenvalue weighted by Gasteiger charge is -2.12. The molecule has 1 heterocycles. The van der Waals surface area contributed by atoms with Gasteiger partial charge in [-0.25, -0.2) is 4.98 Å². The number of nitrogens with one attached hydrogen (secondary N) is 1. The lowest BCUT2D eigenvalue weighted by Crippen LogP contribution is -2.14. The van der Waals surface area contributed by atoms with Crippen LogP contribution in [0.25, 0.3) is 0 Å². The summed E-state index contributed by atoms with van der Waals surface area (Å²) in [6.45, 7) is 3.86. The highest BCUT2D eigenvalue weighted by molar-refractivity contribution is 14.1.